The third-order valence-corrected chi connectivity index (χ3v) is 2.38. The fraction of sp³-hybridized carbons (Fsp3) is 0.417. The average Bonchev–Trinajstić information content (AvgIpc) is 2.28. The molecule has 0 aromatic heterocycles. The minimum atomic E-state index is -0.357. The highest BCUT2D eigenvalue weighted by molar-refractivity contribution is 5.70. The first-order valence-corrected chi connectivity index (χ1v) is 5.33. The number of ether oxygens (including phenoxy) is 1. The molecule has 1 amide bonds. The van der Waals surface area contributed by atoms with Crippen LogP contribution in [0.3, 0.4) is 0 Å². The van der Waals surface area contributed by atoms with E-state index in [0.29, 0.717) is 12.3 Å². The molecule has 1 aromatic rings. The molecule has 1 aromatic carbocycles. The second-order valence-corrected chi connectivity index (χ2v) is 3.74. The van der Waals surface area contributed by atoms with Crippen molar-refractivity contribution in [1.29, 1.82) is 0 Å². The van der Waals surface area contributed by atoms with Crippen molar-refractivity contribution < 1.29 is 9.53 Å². The fourth-order valence-electron chi connectivity index (χ4n) is 1.17. The lowest BCUT2D eigenvalue weighted by atomic mass is 10.1. The van der Waals surface area contributed by atoms with Gasteiger partial charge >= 0.3 is 6.09 Å². The Morgan fingerprint density at radius 2 is 2.25 bits per heavy atom. The van der Waals surface area contributed by atoms with E-state index in [0.717, 1.165) is 5.56 Å². The number of carbonyl (C=O) groups excluding carboxylic acids is 1. The van der Waals surface area contributed by atoms with Crippen LogP contribution in [0.5, 0.6) is 5.75 Å². The minimum Gasteiger partial charge on any atom is -0.410 e. The molecule has 2 N–H and O–H groups in total. The highest BCUT2D eigenvalue weighted by Crippen LogP contribution is 2.18. The third kappa shape index (κ3) is 3.24. The van der Waals surface area contributed by atoms with E-state index in [2.05, 4.69) is 0 Å². The van der Waals surface area contributed by atoms with Gasteiger partial charge < -0.3 is 15.4 Å². The molecule has 88 valence electrons. The van der Waals surface area contributed by atoms with E-state index in [1.807, 2.05) is 26.0 Å². The predicted molar refractivity (Wildman–Crippen MR) is 63.4 cm³/mol. The van der Waals surface area contributed by atoms with Crippen molar-refractivity contribution >= 4 is 6.09 Å². The topological polar surface area (TPSA) is 55.6 Å². The first-order valence-electron chi connectivity index (χ1n) is 5.33. The number of nitrogens with zero attached hydrogens (tertiary/aromatic N) is 1. The van der Waals surface area contributed by atoms with E-state index in [4.69, 9.17) is 10.5 Å². The molecular weight excluding hydrogens is 204 g/mol. The number of nitrogens with two attached hydrogens (primary N) is 1. The van der Waals surface area contributed by atoms with Crippen LogP contribution in [0, 0.1) is 0 Å². The van der Waals surface area contributed by atoms with Gasteiger partial charge in [0, 0.05) is 19.6 Å². The molecule has 0 saturated carbocycles. The van der Waals surface area contributed by atoms with Gasteiger partial charge in [0.25, 0.3) is 0 Å². The van der Waals surface area contributed by atoms with Crippen LogP contribution in [0.4, 0.5) is 4.79 Å². The van der Waals surface area contributed by atoms with E-state index in [-0.39, 0.29) is 12.1 Å². The van der Waals surface area contributed by atoms with Gasteiger partial charge in [-0.2, -0.15) is 0 Å². The third-order valence-electron chi connectivity index (χ3n) is 2.38. The number of carbonyl (C=O) groups is 1. The summed E-state index contributed by atoms with van der Waals surface area (Å²) >= 11 is 0. The van der Waals surface area contributed by atoms with Crippen molar-refractivity contribution in [3.05, 3.63) is 29.8 Å². The molecule has 0 fully saturated rings. The maximum Gasteiger partial charge on any atom is 0.414 e. The molecular formula is C12H18N2O2. The Morgan fingerprint density at radius 1 is 1.56 bits per heavy atom. The standard InChI is InChI=1S/C12H18N2O2/c1-4-14(3)12(15)16-11-7-5-6-10(8-11)9(2)13/h5-9H,4,13H2,1-3H3/t9-/m0/s1. The Balaban J connectivity index is 2.74. The normalized spacial score (nSPS) is 12.0. The predicted octanol–water partition coefficient (Wildman–Crippen LogP) is 2.16. The van der Waals surface area contributed by atoms with E-state index >= 15 is 0 Å². The summed E-state index contributed by atoms with van der Waals surface area (Å²) in [6.07, 6.45) is -0.357. The van der Waals surface area contributed by atoms with Crippen LogP contribution >= 0.6 is 0 Å². The van der Waals surface area contributed by atoms with Crippen molar-refractivity contribution in [3.8, 4) is 5.75 Å². The Bertz CT molecular complexity index is 364. The van der Waals surface area contributed by atoms with Crippen molar-refractivity contribution in [2.45, 2.75) is 19.9 Å². The number of hydrogen-bond acceptors (Lipinski definition) is 3. The summed E-state index contributed by atoms with van der Waals surface area (Å²) in [5.74, 6) is 0.528. The smallest absolute Gasteiger partial charge is 0.410 e. The Morgan fingerprint density at radius 3 is 2.81 bits per heavy atom. The molecule has 0 saturated heterocycles. The lowest BCUT2D eigenvalue weighted by Gasteiger charge is -2.15. The summed E-state index contributed by atoms with van der Waals surface area (Å²) in [6.45, 7) is 4.39. The van der Waals surface area contributed by atoms with Crippen LogP contribution < -0.4 is 10.5 Å². The molecule has 4 nitrogen and oxygen atoms in total. The monoisotopic (exact) mass is 222 g/mol. The van der Waals surface area contributed by atoms with Crippen molar-refractivity contribution in [2.75, 3.05) is 13.6 Å². The van der Waals surface area contributed by atoms with E-state index in [9.17, 15) is 4.79 Å². The average molecular weight is 222 g/mol. The van der Waals surface area contributed by atoms with Crippen molar-refractivity contribution in [2.24, 2.45) is 5.73 Å². The zero-order valence-electron chi connectivity index (χ0n) is 9.93. The summed E-state index contributed by atoms with van der Waals surface area (Å²) in [7, 11) is 1.69. The van der Waals surface area contributed by atoms with Crippen LogP contribution in [0.2, 0.25) is 0 Å². The summed E-state index contributed by atoms with van der Waals surface area (Å²) in [5, 5.41) is 0. The molecule has 0 aliphatic rings. The van der Waals surface area contributed by atoms with E-state index < -0.39 is 0 Å². The van der Waals surface area contributed by atoms with Gasteiger partial charge in [-0.3, -0.25) is 0 Å². The summed E-state index contributed by atoms with van der Waals surface area (Å²) < 4.78 is 5.19. The molecule has 0 heterocycles. The molecule has 0 bridgehead atoms. The number of rotatable bonds is 3. The van der Waals surface area contributed by atoms with Gasteiger partial charge in [0.1, 0.15) is 5.75 Å². The van der Waals surface area contributed by atoms with Gasteiger partial charge in [-0.1, -0.05) is 12.1 Å². The first-order chi connectivity index (χ1) is 7.54. The molecule has 4 heteroatoms. The molecule has 0 aliphatic heterocycles. The van der Waals surface area contributed by atoms with Crippen molar-refractivity contribution in [1.82, 2.24) is 4.90 Å². The number of hydrogen-bond donors (Lipinski definition) is 1. The fourth-order valence-corrected chi connectivity index (χ4v) is 1.17. The highest BCUT2D eigenvalue weighted by Gasteiger charge is 2.09. The second-order valence-electron chi connectivity index (χ2n) is 3.74. The zero-order chi connectivity index (χ0) is 12.1. The maximum atomic E-state index is 11.5. The summed E-state index contributed by atoms with van der Waals surface area (Å²) in [4.78, 5) is 13.0. The summed E-state index contributed by atoms with van der Waals surface area (Å²) in [5.41, 5.74) is 6.70. The maximum absolute atomic E-state index is 11.5. The van der Waals surface area contributed by atoms with Crippen LogP contribution in [0.25, 0.3) is 0 Å². The molecule has 0 unspecified atom stereocenters. The van der Waals surface area contributed by atoms with Gasteiger partial charge in [-0.05, 0) is 31.5 Å². The molecule has 16 heavy (non-hydrogen) atoms. The second kappa shape index (κ2) is 5.51. The van der Waals surface area contributed by atoms with Crippen molar-refractivity contribution in [3.63, 3.8) is 0 Å². The van der Waals surface area contributed by atoms with Crippen LogP contribution in [0.15, 0.2) is 24.3 Å². The number of benzene rings is 1. The van der Waals surface area contributed by atoms with Gasteiger partial charge in [0.15, 0.2) is 0 Å². The van der Waals surface area contributed by atoms with Gasteiger partial charge in [-0.25, -0.2) is 4.79 Å². The highest BCUT2D eigenvalue weighted by atomic mass is 16.6. The molecule has 1 atom stereocenters. The summed E-state index contributed by atoms with van der Waals surface area (Å²) in [6, 6.07) is 7.19. The molecule has 1 rings (SSSR count). The largest absolute Gasteiger partial charge is 0.414 e. The van der Waals surface area contributed by atoms with Crippen LogP contribution in [-0.4, -0.2) is 24.6 Å². The number of amides is 1. The Labute approximate surface area is 96.0 Å². The molecule has 0 aliphatic carbocycles. The van der Waals surface area contributed by atoms with Gasteiger partial charge in [-0.15, -0.1) is 0 Å². The van der Waals surface area contributed by atoms with Crippen LogP contribution in [-0.2, 0) is 0 Å². The first kappa shape index (κ1) is 12.5. The lowest BCUT2D eigenvalue weighted by Crippen LogP contribution is -2.29. The SMILES string of the molecule is CCN(C)C(=O)Oc1cccc([C@H](C)N)c1. The Kier molecular flexibility index (Phi) is 4.31. The molecule has 0 radical (unpaired) electrons. The van der Waals surface area contributed by atoms with Gasteiger partial charge in [0.2, 0.25) is 0 Å². The molecule has 0 spiro atoms. The Hall–Kier alpha value is -1.55. The van der Waals surface area contributed by atoms with E-state index in [1.165, 1.54) is 4.90 Å². The van der Waals surface area contributed by atoms with Crippen LogP contribution in [0.1, 0.15) is 25.5 Å². The zero-order valence-corrected chi connectivity index (χ0v) is 9.93. The lowest BCUT2D eigenvalue weighted by molar-refractivity contribution is 0.165. The minimum absolute atomic E-state index is 0.0671. The van der Waals surface area contributed by atoms with Gasteiger partial charge in [0.05, 0.1) is 0 Å². The quantitative estimate of drug-likeness (QED) is 0.852. The van der Waals surface area contributed by atoms with E-state index in [1.54, 1.807) is 19.2 Å².